The highest BCUT2D eigenvalue weighted by Gasteiger charge is 2.15. The van der Waals surface area contributed by atoms with Gasteiger partial charge in [-0.2, -0.15) is 0 Å². The van der Waals surface area contributed by atoms with Gasteiger partial charge in [0.2, 0.25) is 0 Å². The summed E-state index contributed by atoms with van der Waals surface area (Å²) in [6.07, 6.45) is 52.2. The van der Waals surface area contributed by atoms with Crippen molar-refractivity contribution in [2.24, 2.45) is 0 Å². The topological polar surface area (TPSA) is 72.8 Å². The Morgan fingerprint density at radius 3 is 1.44 bits per heavy atom. The lowest BCUT2D eigenvalue weighted by Crippen LogP contribution is -2.28. The maximum atomic E-state index is 12.1. The van der Waals surface area contributed by atoms with Crippen LogP contribution < -0.4 is 0 Å². The van der Waals surface area contributed by atoms with Crippen LogP contribution in [0.3, 0.4) is 0 Å². The molecule has 1 unspecified atom stereocenters. The van der Waals surface area contributed by atoms with Crippen LogP contribution in [0, 0.1) is 0 Å². The zero-order valence-electron chi connectivity index (χ0n) is 30.7. The second kappa shape index (κ2) is 38.5. The SMILES string of the molecule is CCC=CCC=CCC=CCC=CCC=CCC=CCCC(=O)OC(CO)COC(=O)CCCCCCCC=CCCCCCCCC. The second-order valence-corrected chi connectivity index (χ2v) is 12.3. The van der Waals surface area contributed by atoms with Crippen LogP contribution >= 0.6 is 0 Å². The van der Waals surface area contributed by atoms with Crippen LogP contribution in [-0.2, 0) is 19.1 Å². The molecule has 0 aliphatic heterocycles. The molecule has 0 aliphatic rings. The summed E-state index contributed by atoms with van der Waals surface area (Å²) in [5.74, 6) is -0.706. The van der Waals surface area contributed by atoms with E-state index in [2.05, 4.69) is 86.8 Å². The summed E-state index contributed by atoms with van der Waals surface area (Å²) < 4.78 is 10.5. The standard InChI is InChI=1S/C43H70O5/c1-3-5-7-9-11-13-15-17-19-20-21-22-24-26-28-30-32-34-36-38-43(46)48-41(39-44)40-47-42(45)37-35-33-31-29-27-25-23-18-16-14-12-10-8-6-4-2/h5,7,11,13,17-19,21-23,26,28,32,34,41,44H,3-4,6,8-10,12,14-16,20,24-25,27,29-31,33,35-40H2,1-2H3. The first-order chi connectivity index (χ1) is 23.6. The molecule has 0 heterocycles. The fourth-order valence-corrected chi connectivity index (χ4v) is 4.81. The molecule has 1 N–H and O–H groups in total. The van der Waals surface area contributed by atoms with Gasteiger partial charge >= 0.3 is 11.9 Å². The van der Waals surface area contributed by atoms with Crippen molar-refractivity contribution < 1.29 is 24.2 Å². The molecule has 5 heteroatoms. The second-order valence-electron chi connectivity index (χ2n) is 12.3. The van der Waals surface area contributed by atoms with E-state index in [9.17, 15) is 14.7 Å². The Kier molecular flexibility index (Phi) is 36.2. The lowest BCUT2D eigenvalue weighted by atomic mass is 10.1. The van der Waals surface area contributed by atoms with E-state index in [0.29, 0.717) is 12.8 Å². The van der Waals surface area contributed by atoms with Gasteiger partial charge in [0.25, 0.3) is 0 Å². The molecule has 0 aromatic heterocycles. The van der Waals surface area contributed by atoms with Gasteiger partial charge in [-0.3, -0.25) is 9.59 Å². The summed E-state index contributed by atoms with van der Waals surface area (Å²) in [6, 6.07) is 0. The van der Waals surface area contributed by atoms with Crippen molar-refractivity contribution in [1.82, 2.24) is 0 Å². The van der Waals surface area contributed by atoms with Crippen LogP contribution in [0.2, 0.25) is 0 Å². The third kappa shape index (κ3) is 35.9. The summed E-state index contributed by atoms with van der Waals surface area (Å²) in [6.45, 7) is 3.93. The quantitative estimate of drug-likeness (QED) is 0.0429. The number of hydrogen-bond acceptors (Lipinski definition) is 5. The van der Waals surface area contributed by atoms with Crippen molar-refractivity contribution in [3.63, 3.8) is 0 Å². The minimum atomic E-state index is -0.819. The smallest absolute Gasteiger partial charge is 0.306 e. The highest BCUT2D eigenvalue weighted by molar-refractivity contribution is 5.70. The lowest BCUT2D eigenvalue weighted by Gasteiger charge is -2.15. The van der Waals surface area contributed by atoms with E-state index in [4.69, 9.17) is 9.47 Å². The van der Waals surface area contributed by atoms with Gasteiger partial charge in [-0.1, -0.05) is 150 Å². The first kappa shape index (κ1) is 45.1. The molecule has 0 bridgehead atoms. The summed E-state index contributed by atoms with van der Waals surface area (Å²) in [7, 11) is 0. The summed E-state index contributed by atoms with van der Waals surface area (Å²) >= 11 is 0. The normalized spacial score (nSPS) is 13.1. The monoisotopic (exact) mass is 667 g/mol. The highest BCUT2D eigenvalue weighted by Crippen LogP contribution is 2.11. The molecule has 0 rings (SSSR count). The van der Waals surface area contributed by atoms with Gasteiger partial charge in [0.15, 0.2) is 6.10 Å². The molecule has 0 spiro atoms. The summed E-state index contributed by atoms with van der Waals surface area (Å²) in [5, 5.41) is 9.53. The number of rotatable bonds is 33. The van der Waals surface area contributed by atoms with E-state index in [-0.39, 0.29) is 25.6 Å². The minimum Gasteiger partial charge on any atom is -0.462 e. The molecular weight excluding hydrogens is 596 g/mol. The molecule has 0 saturated heterocycles. The van der Waals surface area contributed by atoms with Crippen LogP contribution in [0.15, 0.2) is 85.1 Å². The number of esters is 2. The molecule has 5 nitrogen and oxygen atoms in total. The largest absolute Gasteiger partial charge is 0.462 e. The summed E-state index contributed by atoms with van der Waals surface area (Å²) in [4.78, 5) is 24.2. The Bertz CT molecular complexity index is 937. The fourth-order valence-electron chi connectivity index (χ4n) is 4.81. The molecule has 48 heavy (non-hydrogen) atoms. The third-order valence-electron chi connectivity index (χ3n) is 7.69. The maximum absolute atomic E-state index is 12.1. The first-order valence-corrected chi connectivity index (χ1v) is 19.1. The first-order valence-electron chi connectivity index (χ1n) is 19.1. The van der Waals surface area contributed by atoms with Crippen LogP contribution in [0.1, 0.15) is 155 Å². The number of carbonyl (C=O) groups is 2. The Balaban J connectivity index is 3.74. The number of aliphatic hydroxyl groups excluding tert-OH is 1. The molecule has 1 atom stereocenters. The average molecular weight is 667 g/mol. The molecule has 272 valence electrons. The van der Waals surface area contributed by atoms with Gasteiger partial charge in [-0.05, 0) is 77.0 Å². The number of aliphatic hydroxyl groups is 1. The van der Waals surface area contributed by atoms with E-state index in [0.717, 1.165) is 64.2 Å². The Hall–Kier alpha value is -2.92. The molecule has 0 radical (unpaired) electrons. The van der Waals surface area contributed by atoms with E-state index >= 15 is 0 Å². The third-order valence-corrected chi connectivity index (χ3v) is 7.69. The number of allylic oxidation sites excluding steroid dienone is 14. The van der Waals surface area contributed by atoms with E-state index in [1.165, 1.54) is 57.8 Å². The van der Waals surface area contributed by atoms with Gasteiger partial charge < -0.3 is 14.6 Å². The molecule has 0 fully saturated rings. The van der Waals surface area contributed by atoms with E-state index in [1.807, 2.05) is 12.2 Å². The Labute approximate surface area is 295 Å². The minimum absolute atomic E-state index is 0.105. The van der Waals surface area contributed by atoms with E-state index < -0.39 is 12.1 Å². The fraction of sp³-hybridized carbons (Fsp3) is 0.628. The van der Waals surface area contributed by atoms with Gasteiger partial charge in [0, 0.05) is 12.8 Å². The Morgan fingerprint density at radius 2 is 0.938 bits per heavy atom. The zero-order valence-corrected chi connectivity index (χ0v) is 30.7. The zero-order chi connectivity index (χ0) is 35.0. The number of hydrogen-bond donors (Lipinski definition) is 1. The predicted octanol–water partition coefficient (Wildman–Crippen LogP) is 11.9. The van der Waals surface area contributed by atoms with Crippen molar-refractivity contribution in [1.29, 1.82) is 0 Å². The van der Waals surface area contributed by atoms with Gasteiger partial charge in [-0.25, -0.2) is 0 Å². The van der Waals surface area contributed by atoms with Crippen molar-refractivity contribution in [3.8, 4) is 0 Å². The average Bonchev–Trinajstić information content (AvgIpc) is 3.09. The molecular formula is C43H70O5. The van der Waals surface area contributed by atoms with Crippen LogP contribution in [0.4, 0.5) is 0 Å². The van der Waals surface area contributed by atoms with Crippen molar-refractivity contribution in [2.75, 3.05) is 13.2 Å². The van der Waals surface area contributed by atoms with Gasteiger partial charge in [-0.15, -0.1) is 0 Å². The van der Waals surface area contributed by atoms with Crippen LogP contribution in [-0.4, -0.2) is 36.4 Å². The Morgan fingerprint density at radius 1 is 0.500 bits per heavy atom. The van der Waals surface area contributed by atoms with Crippen molar-refractivity contribution in [3.05, 3.63) is 85.1 Å². The van der Waals surface area contributed by atoms with Crippen molar-refractivity contribution in [2.45, 2.75) is 161 Å². The van der Waals surface area contributed by atoms with E-state index in [1.54, 1.807) is 0 Å². The van der Waals surface area contributed by atoms with Gasteiger partial charge in [0.05, 0.1) is 6.61 Å². The number of unbranched alkanes of at least 4 members (excludes halogenated alkanes) is 11. The van der Waals surface area contributed by atoms with Gasteiger partial charge in [0.1, 0.15) is 6.61 Å². The molecule has 0 aliphatic carbocycles. The number of carbonyl (C=O) groups excluding carboxylic acids is 2. The molecule has 0 saturated carbocycles. The maximum Gasteiger partial charge on any atom is 0.306 e. The lowest BCUT2D eigenvalue weighted by molar-refractivity contribution is -0.161. The molecule has 0 aromatic carbocycles. The number of ether oxygens (including phenoxy) is 2. The van der Waals surface area contributed by atoms with Crippen LogP contribution in [0.25, 0.3) is 0 Å². The molecule has 0 aromatic rings. The highest BCUT2D eigenvalue weighted by atomic mass is 16.6. The molecule has 0 amide bonds. The predicted molar refractivity (Wildman–Crippen MR) is 205 cm³/mol. The van der Waals surface area contributed by atoms with Crippen LogP contribution in [0.5, 0.6) is 0 Å². The summed E-state index contributed by atoms with van der Waals surface area (Å²) in [5.41, 5.74) is 0. The van der Waals surface area contributed by atoms with Crippen molar-refractivity contribution >= 4 is 11.9 Å².